The molecule has 0 aliphatic rings. The Morgan fingerprint density at radius 2 is 2.06 bits per heavy atom. The van der Waals surface area contributed by atoms with E-state index in [1.807, 2.05) is 30.0 Å². The fourth-order valence-electron chi connectivity index (χ4n) is 1.45. The van der Waals surface area contributed by atoms with E-state index >= 15 is 0 Å². The van der Waals surface area contributed by atoms with Crippen LogP contribution in [0.15, 0.2) is 29.2 Å². The van der Waals surface area contributed by atoms with Crippen molar-refractivity contribution in [1.82, 2.24) is 5.32 Å². The number of nitrogens with one attached hydrogen (secondary N) is 1. The molecule has 1 unspecified atom stereocenters. The average molecular weight is 255 g/mol. The highest BCUT2D eigenvalue weighted by Gasteiger charge is 2.07. The Bertz CT molecular complexity index is 320. The summed E-state index contributed by atoms with van der Waals surface area (Å²) in [6.45, 7) is 4.82. The lowest BCUT2D eigenvalue weighted by Gasteiger charge is -2.14. The molecule has 0 amide bonds. The Morgan fingerprint density at radius 3 is 2.76 bits per heavy atom. The summed E-state index contributed by atoms with van der Waals surface area (Å²) in [6.07, 6.45) is 0. The summed E-state index contributed by atoms with van der Waals surface area (Å²) in [5, 5.41) is 3.86. The Labute approximate surface area is 108 Å². The smallest absolute Gasteiger partial charge is 0.132 e. The number of thioether (sulfide) groups is 1. The molecule has 96 valence electrons. The van der Waals surface area contributed by atoms with Crippen LogP contribution in [0.5, 0.6) is 5.75 Å². The summed E-state index contributed by atoms with van der Waals surface area (Å²) in [6, 6.07) is 8.11. The Morgan fingerprint density at radius 1 is 1.29 bits per heavy atom. The maximum absolute atomic E-state index is 5.33. The van der Waals surface area contributed by atoms with Crippen molar-refractivity contribution in [3.05, 3.63) is 24.3 Å². The van der Waals surface area contributed by atoms with Gasteiger partial charge >= 0.3 is 0 Å². The molecule has 0 spiro atoms. The first kappa shape index (κ1) is 14.4. The van der Waals surface area contributed by atoms with Crippen molar-refractivity contribution in [2.75, 3.05) is 33.9 Å². The zero-order valence-electron chi connectivity index (χ0n) is 10.7. The molecule has 17 heavy (non-hydrogen) atoms. The van der Waals surface area contributed by atoms with Crippen molar-refractivity contribution in [3.63, 3.8) is 0 Å². The molecule has 0 fully saturated rings. The maximum Gasteiger partial charge on any atom is 0.132 e. The van der Waals surface area contributed by atoms with E-state index in [0.717, 1.165) is 25.4 Å². The lowest BCUT2D eigenvalue weighted by atomic mass is 10.3. The Balaban J connectivity index is 2.36. The summed E-state index contributed by atoms with van der Waals surface area (Å²) < 4.78 is 10.3. The largest absolute Gasteiger partial charge is 0.496 e. The minimum atomic E-state index is 0.503. The number of benzene rings is 1. The van der Waals surface area contributed by atoms with Gasteiger partial charge in [-0.25, -0.2) is 0 Å². The summed E-state index contributed by atoms with van der Waals surface area (Å²) in [5.74, 6) is 0.946. The molecule has 1 rings (SSSR count). The highest BCUT2D eigenvalue weighted by atomic mass is 32.2. The van der Waals surface area contributed by atoms with Gasteiger partial charge in [-0.3, -0.25) is 0 Å². The van der Waals surface area contributed by atoms with Crippen molar-refractivity contribution >= 4 is 11.8 Å². The minimum absolute atomic E-state index is 0.503. The van der Waals surface area contributed by atoms with Gasteiger partial charge in [0.1, 0.15) is 5.75 Å². The van der Waals surface area contributed by atoms with E-state index in [2.05, 4.69) is 18.3 Å². The Hall–Kier alpha value is -0.710. The van der Waals surface area contributed by atoms with Crippen molar-refractivity contribution in [1.29, 1.82) is 0 Å². The maximum atomic E-state index is 5.33. The standard InChI is InChI=1S/C13H21NO2S/c1-11(10-14-8-9-15-2)17-13-7-5-4-6-12(13)16-3/h4-7,11,14H,8-10H2,1-3H3. The second kappa shape index (κ2) is 8.39. The number of hydrogen-bond acceptors (Lipinski definition) is 4. The quantitative estimate of drug-likeness (QED) is 0.571. The van der Waals surface area contributed by atoms with Crippen LogP contribution >= 0.6 is 11.8 Å². The molecule has 0 aliphatic heterocycles. The number of hydrogen-bond donors (Lipinski definition) is 1. The molecule has 0 bridgehead atoms. The molecule has 1 N–H and O–H groups in total. The second-order valence-electron chi connectivity index (χ2n) is 3.78. The highest BCUT2D eigenvalue weighted by molar-refractivity contribution is 8.00. The van der Waals surface area contributed by atoms with Gasteiger partial charge in [0.15, 0.2) is 0 Å². The van der Waals surface area contributed by atoms with Crippen LogP contribution in [-0.2, 0) is 4.74 Å². The molecule has 1 atom stereocenters. The molecule has 1 aromatic carbocycles. The van der Waals surface area contributed by atoms with Crippen LogP contribution in [0.4, 0.5) is 0 Å². The molecule has 0 saturated carbocycles. The second-order valence-corrected chi connectivity index (χ2v) is 5.26. The monoisotopic (exact) mass is 255 g/mol. The first-order chi connectivity index (χ1) is 8.27. The Kier molecular flexibility index (Phi) is 7.08. The van der Waals surface area contributed by atoms with Crippen molar-refractivity contribution in [3.8, 4) is 5.75 Å². The molecule has 4 heteroatoms. The van der Waals surface area contributed by atoms with Crippen molar-refractivity contribution in [2.24, 2.45) is 0 Å². The van der Waals surface area contributed by atoms with Crippen LogP contribution < -0.4 is 10.1 Å². The fraction of sp³-hybridized carbons (Fsp3) is 0.538. The van der Waals surface area contributed by atoms with Crippen LogP contribution in [-0.4, -0.2) is 39.2 Å². The molecular formula is C13H21NO2S. The molecule has 0 heterocycles. The zero-order valence-corrected chi connectivity index (χ0v) is 11.5. The van der Waals surface area contributed by atoms with Crippen LogP contribution in [0.1, 0.15) is 6.92 Å². The topological polar surface area (TPSA) is 30.5 Å². The van der Waals surface area contributed by atoms with Gasteiger partial charge in [-0.1, -0.05) is 19.1 Å². The molecule has 0 radical (unpaired) electrons. The van der Waals surface area contributed by atoms with Gasteiger partial charge < -0.3 is 14.8 Å². The van der Waals surface area contributed by atoms with E-state index in [1.165, 1.54) is 4.90 Å². The van der Waals surface area contributed by atoms with E-state index in [0.29, 0.717) is 5.25 Å². The summed E-state index contributed by atoms with van der Waals surface area (Å²) in [5.41, 5.74) is 0. The van der Waals surface area contributed by atoms with Gasteiger partial charge in [0, 0.05) is 30.3 Å². The van der Waals surface area contributed by atoms with E-state index in [1.54, 1.807) is 14.2 Å². The molecule has 3 nitrogen and oxygen atoms in total. The normalized spacial score (nSPS) is 12.4. The van der Waals surface area contributed by atoms with E-state index in [-0.39, 0.29) is 0 Å². The molecular weight excluding hydrogens is 234 g/mol. The fourth-order valence-corrected chi connectivity index (χ4v) is 2.51. The van der Waals surface area contributed by atoms with E-state index < -0.39 is 0 Å². The van der Waals surface area contributed by atoms with Crippen molar-refractivity contribution < 1.29 is 9.47 Å². The summed E-state index contributed by atoms with van der Waals surface area (Å²) >= 11 is 1.82. The first-order valence-electron chi connectivity index (χ1n) is 5.77. The van der Waals surface area contributed by atoms with E-state index in [4.69, 9.17) is 9.47 Å². The zero-order chi connectivity index (χ0) is 12.5. The van der Waals surface area contributed by atoms with Crippen LogP contribution in [0.3, 0.4) is 0 Å². The average Bonchev–Trinajstić information content (AvgIpc) is 2.35. The van der Waals surface area contributed by atoms with Crippen LogP contribution in [0, 0.1) is 0 Å². The molecule has 1 aromatic rings. The lowest BCUT2D eigenvalue weighted by Crippen LogP contribution is -2.26. The predicted molar refractivity (Wildman–Crippen MR) is 73.1 cm³/mol. The van der Waals surface area contributed by atoms with Gasteiger partial charge in [0.05, 0.1) is 13.7 Å². The van der Waals surface area contributed by atoms with Gasteiger partial charge in [0.2, 0.25) is 0 Å². The van der Waals surface area contributed by atoms with Crippen molar-refractivity contribution in [2.45, 2.75) is 17.1 Å². The van der Waals surface area contributed by atoms with Gasteiger partial charge in [-0.05, 0) is 12.1 Å². The number of para-hydroxylation sites is 1. The van der Waals surface area contributed by atoms with Gasteiger partial charge in [0.25, 0.3) is 0 Å². The minimum Gasteiger partial charge on any atom is -0.496 e. The summed E-state index contributed by atoms with van der Waals surface area (Å²) in [4.78, 5) is 1.19. The number of methoxy groups -OCH3 is 2. The van der Waals surface area contributed by atoms with Crippen LogP contribution in [0.25, 0.3) is 0 Å². The van der Waals surface area contributed by atoms with Gasteiger partial charge in [-0.15, -0.1) is 11.8 Å². The highest BCUT2D eigenvalue weighted by Crippen LogP contribution is 2.31. The number of rotatable bonds is 8. The lowest BCUT2D eigenvalue weighted by molar-refractivity contribution is 0.199. The van der Waals surface area contributed by atoms with E-state index in [9.17, 15) is 0 Å². The SMILES string of the molecule is COCCNCC(C)Sc1ccccc1OC. The first-order valence-corrected chi connectivity index (χ1v) is 6.65. The third kappa shape index (κ3) is 5.44. The molecule has 0 saturated heterocycles. The number of ether oxygens (including phenoxy) is 2. The molecule has 0 aromatic heterocycles. The third-order valence-corrected chi connectivity index (χ3v) is 3.47. The third-order valence-electron chi connectivity index (χ3n) is 2.31. The van der Waals surface area contributed by atoms with Crippen LogP contribution in [0.2, 0.25) is 0 Å². The van der Waals surface area contributed by atoms with Gasteiger partial charge in [-0.2, -0.15) is 0 Å². The predicted octanol–water partition coefficient (Wildman–Crippen LogP) is 2.41. The summed E-state index contributed by atoms with van der Waals surface area (Å²) in [7, 11) is 3.43. The molecule has 0 aliphatic carbocycles.